The summed E-state index contributed by atoms with van der Waals surface area (Å²) >= 11 is 0. The van der Waals surface area contributed by atoms with Crippen molar-refractivity contribution in [3.63, 3.8) is 0 Å². The molecule has 3 rings (SSSR count). The summed E-state index contributed by atoms with van der Waals surface area (Å²) in [6.07, 6.45) is 2.35. The zero-order chi connectivity index (χ0) is 17.8. The number of nitrogens with zero attached hydrogens (tertiary/aromatic N) is 4. The molecule has 1 fully saturated rings. The number of pyridine rings is 1. The van der Waals surface area contributed by atoms with Crippen LogP contribution in [0.4, 0.5) is 14.5 Å². The first-order valence-corrected chi connectivity index (χ1v) is 7.94. The largest absolute Gasteiger partial charge is 0.368 e. The van der Waals surface area contributed by atoms with Crippen LogP contribution in [0.5, 0.6) is 0 Å². The number of carbonyl (C=O) groups excluding carboxylic acids is 1. The van der Waals surface area contributed by atoms with Crippen molar-refractivity contribution in [1.29, 1.82) is 5.26 Å². The molecule has 0 aliphatic carbocycles. The molecule has 0 saturated carbocycles. The normalized spacial score (nSPS) is 14.8. The maximum Gasteiger partial charge on any atom is 0.256 e. The van der Waals surface area contributed by atoms with E-state index >= 15 is 0 Å². The van der Waals surface area contributed by atoms with Gasteiger partial charge in [0, 0.05) is 32.2 Å². The van der Waals surface area contributed by atoms with Gasteiger partial charge in [0.2, 0.25) is 0 Å². The number of benzene rings is 1. The van der Waals surface area contributed by atoms with Crippen LogP contribution in [-0.2, 0) is 0 Å². The Morgan fingerprint density at radius 2 is 1.96 bits per heavy atom. The lowest BCUT2D eigenvalue weighted by Gasteiger charge is -2.23. The predicted molar refractivity (Wildman–Crippen MR) is 88.0 cm³/mol. The average Bonchev–Trinajstić information content (AvgIpc) is 2.87. The van der Waals surface area contributed by atoms with Crippen molar-refractivity contribution in [3.8, 4) is 6.07 Å². The van der Waals surface area contributed by atoms with Crippen molar-refractivity contribution >= 4 is 11.6 Å². The topological polar surface area (TPSA) is 60.2 Å². The van der Waals surface area contributed by atoms with Crippen molar-refractivity contribution in [1.82, 2.24) is 9.88 Å². The van der Waals surface area contributed by atoms with Crippen LogP contribution in [0.2, 0.25) is 0 Å². The summed E-state index contributed by atoms with van der Waals surface area (Å²) in [6.45, 7) is 2.22. The standard InChI is InChI=1S/C18H16F2N4O/c19-13-2-5-16(17(20)10-13)18(25)24-7-1-6-23(8-9-24)15-4-3-14(11-21)22-12-15/h2-5,10,12H,1,6-9H2. The Balaban J connectivity index is 1.70. The lowest BCUT2D eigenvalue weighted by molar-refractivity contribution is 0.0762. The highest BCUT2D eigenvalue weighted by atomic mass is 19.1. The van der Waals surface area contributed by atoms with E-state index in [0.29, 0.717) is 31.7 Å². The number of nitriles is 1. The smallest absolute Gasteiger partial charge is 0.256 e. The van der Waals surface area contributed by atoms with Gasteiger partial charge in [-0.15, -0.1) is 0 Å². The fourth-order valence-corrected chi connectivity index (χ4v) is 2.85. The highest BCUT2D eigenvalue weighted by molar-refractivity contribution is 5.94. The minimum atomic E-state index is -0.845. The molecule has 1 aromatic carbocycles. The Morgan fingerprint density at radius 1 is 1.12 bits per heavy atom. The maximum absolute atomic E-state index is 13.8. The Bertz CT molecular complexity index is 817. The summed E-state index contributed by atoms with van der Waals surface area (Å²) < 4.78 is 26.9. The molecule has 0 spiro atoms. The molecule has 0 N–H and O–H groups in total. The van der Waals surface area contributed by atoms with Gasteiger partial charge in [-0.2, -0.15) is 5.26 Å². The number of anilines is 1. The molecule has 1 amide bonds. The van der Waals surface area contributed by atoms with Crippen LogP contribution < -0.4 is 4.90 Å². The van der Waals surface area contributed by atoms with E-state index in [1.165, 1.54) is 6.07 Å². The molecule has 1 aromatic heterocycles. The van der Waals surface area contributed by atoms with E-state index in [1.807, 2.05) is 12.1 Å². The van der Waals surface area contributed by atoms with Crippen LogP contribution in [0.1, 0.15) is 22.5 Å². The second-order valence-electron chi connectivity index (χ2n) is 5.77. The molecule has 0 bridgehead atoms. The summed E-state index contributed by atoms with van der Waals surface area (Å²) in [5.41, 5.74) is 1.11. The van der Waals surface area contributed by atoms with Crippen molar-refractivity contribution in [2.45, 2.75) is 6.42 Å². The second kappa shape index (κ2) is 7.26. The summed E-state index contributed by atoms with van der Waals surface area (Å²) in [6, 6.07) is 8.43. The van der Waals surface area contributed by atoms with Crippen LogP contribution >= 0.6 is 0 Å². The second-order valence-corrected chi connectivity index (χ2v) is 5.77. The van der Waals surface area contributed by atoms with Crippen LogP contribution in [0.25, 0.3) is 0 Å². The third-order valence-corrected chi connectivity index (χ3v) is 4.17. The molecule has 25 heavy (non-hydrogen) atoms. The Kier molecular flexibility index (Phi) is 4.89. The molecule has 0 unspecified atom stereocenters. The SMILES string of the molecule is N#Cc1ccc(N2CCCN(C(=O)c3ccc(F)cc3F)CC2)cn1. The van der Waals surface area contributed by atoms with Crippen molar-refractivity contribution in [2.24, 2.45) is 0 Å². The molecular formula is C18H16F2N4O. The molecular weight excluding hydrogens is 326 g/mol. The Morgan fingerprint density at radius 3 is 2.64 bits per heavy atom. The van der Waals surface area contributed by atoms with Gasteiger partial charge < -0.3 is 9.80 Å². The highest BCUT2D eigenvalue weighted by Gasteiger charge is 2.23. The number of rotatable bonds is 2. The number of carbonyl (C=O) groups is 1. The van der Waals surface area contributed by atoms with Crippen LogP contribution in [0.15, 0.2) is 36.5 Å². The molecule has 1 aliphatic rings. The van der Waals surface area contributed by atoms with Crippen LogP contribution in [0, 0.1) is 23.0 Å². The van der Waals surface area contributed by atoms with E-state index in [1.54, 1.807) is 17.2 Å². The number of hydrogen-bond acceptors (Lipinski definition) is 4. The zero-order valence-corrected chi connectivity index (χ0v) is 13.5. The van der Waals surface area contributed by atoms with E-state index in [9.17, 15) is 13.6 Å². The zero-order valence-electron chi connectivity index (χ0n) is 13.5. The fourth-order valence-electron chi connectivity index (χ4n) is 2.85. The minimum absolute atomic E-state index is 0.116. The van der Waals surface area contributed by atoms with Gasteiger partial charge in [0.15, 0.2) is 0 Å². The Hall–Kier alpha value is -3.01. The molecule has 128 valence electrons. The van der Waals surface area contributed by atoms with Crippen LogP contribution in [0.3, 0.4) is 0 Å². The monoisotopic (exact) mass is 342 g/mol. The first-order chi connectivity index (χ1) is 12.1. The molecule has 5 nitrogen and oxygen atoms in total. The Labute approximate surface area is 144 Å². The summed E-state index contributed by atoms with van der Waals surface area (Å²) in [5.74, 6) is -1.98. The summed E-state index contributed by atoms with van der Waals surface area (Å²) in [5, 5.41) is 8.80. The molecule has 7 heteroatoms. The van der Waals surface area contributed by atoms with E-state index in [0.717, 1.165) is 24.4 Å². The first kappa shape index (κ1) is 16.8. The van der Waals surface area contributed by atoms with Crippen LogP contribution in [-0.4, -0.2) is 42.0 Å². The summed E-state index contributed by atoms with van der Waals surface area (Å²) in [7, 11) is 0. The lowest BCUT2D eigenvalue weighted by atomic mass is 10.1. The maximum atomic E-state index is 13.8. The lowest BCUT2D eigenvalue weighted by Crippen LogP contribution is -2.35. The van der Waals surface area contributed by atoms with Gasteiger partial charge in [-0.3, -0.25) is 4.79 Å². The van der Waals surface area contributed by atoms with Gasteiger partial charge in [-0.25, -0.2) is 13.8 Å². The van der Waals surface area contributed by atoms with Gasteiger partial charge >= 0.3 is 0 Å². The number of amides is 1. The predicted octanol–water partition coefficient (Wildman–Crippen LogP) is 2.58. The molecule has 0 radical (unpaired) electrons. The molecule has 1 saturated heterocycles. The van der Waals surface area contributed by atoms with Gasteiger partial charge in [-0.05, 0) is 30.7 Å². The number of halogens is 2. The third-order valence-electron chi connectivity index (χ3n) is 4.17. The number of aromatic nitrogens is 1. The number of hydrogen-bond donors (Lipinski definition) is 0. The van der Waals surface area contributed by atoms with Crippen molar-refractivity contribution in [3.05, 3.63) is 59.4 Å². The van der Waals surface area contributed by atoms with E-state index in [4.69, 9.17) is 5.26 Å². The van der Waals surface area contributed by atoms with Crippen molar-refractivity contribution in [2.75, 3.05) is 31.1 Å². The average molecular weight is 342 g/mol. The van der Waals surface area contributed by atoms with Gasteiger partial charge in [-0.1, -0.05) is 0 Å². The van der Waals surface area contributed by atoms with Gasteiger partial charge in [0.05, 0.1) is 17.4 Å². The molecule has 2 aromatic rings. The van der Waals surface area contributed by atoms with Gasteiger partial charge in [0.1, 0.15) is 23.4 Å². The van der Waals surface area contributed by atoms with E-state index in [-0.39, 0.29) is 5.56 Å². The fraction of sp³-hybridized carbons (Fsp3) is 0.278. The highest BCUT2D eigenvalue weighted by Crippen LogP contribution is 2.18. The van der Waals surface area contributed by atoms with Crippen molar-refractivity contribution < 1.29 is 13.6 Å². The molecule has 0 atom stereocenters. The minimum Gasteiger partial charge on any atom is -0.368 e. The quantitative estimate of drug-likeness (QED) is 0.842. The molecule has 2 heterocycles. The first-order valence-electron chi connectivity index (χ1n) is 7.94. The van der Waals surface area contributed by atoms with E-state index < -0.39 is 17.5 Å². The molecule has 1 aliphatic heterocycles. The van der Waals surface area contributed by atoms with Gasteiger partial charge in [0.25, 0.3) is 5.91 Å². The van der Waals surface area contributed by atoms with E-state index in [2.05, 4.69) is 9.88 Å². The third kappa shape index (κ3) is 3.74. The summed E-state index contributed by atoms with van der Waals surface area (Å²) in [4.78, 5) is 20.2.